The van der Waals surface area contributed by atoms with Crippen LogP contribution in [0, 0.1) is 0 Å². The van der Waals surface area contributed by atoms with Gasteiger partial charge in [0.25, 0.3) is 0 Å². The third kappa shape index (κ3) is 36.8. The second-order valence-electron chi connectivity index (χ2n) is 15.3. The molecule has 10 nitrogen and oxygen atoms in total. The smallest absolute Gasteiger partial charge is 0.462 e. The van der Waals surface area contributed by atoms with Gasteiger partial charge in [-0.3, -0.25) is 23.2 Å². The Morgan fingerprint density at radius 3 is 1.62 bits per heavy atom. The van der Waals surface area contributed by atoms with E-state index in [0.29, 0.717) is 25.9 Å². The summed E-state index contributed by atoms with van der Waals surface area (Å²) in [6, 6.07) is -0.580. The molecule has 1 amide bonds. The number of ether oxygens (including phenoxy) is 2. The number of phosphoric ester groups is 1. The van der Waals surface area contributed by atoms with Gasteiger partial charge in [0.05, 0.1) is 39.1 Å². The third-order valence-electron chi connectivity index (χ3n) is 9.84. The van der Waals surface area contributed by atoms with Crippen LogP contribution in [0.15, 0.2) is 12.7 Å². The second kappa shape index (κ2) is 40.9. The minimum Gasteiger partial charge on any atom is -0.462 e. The Morgan fingerprint density at radius 2 is 1.11 bits per heavy atom. The molecule has 3 N–H and O–H groups in total. The Hall–Kier alpha value is -1.29. The number of amides is 1. The van der Waals surface area contributed by atoms with Crippen molar-refractivity contribution in [2.45, 2.75) is 219 Å². The maximum atomic E-state index is 13.2. The van der Waals surface area contributed by atoms with E-state index < -0.39 is 13.9 Å². The monoisotopic (exact) mass is 803 g/mol. The molecule has 0 rings (SSSR count). The molecule has 0 aromatic heterocycles. The van der Waals surface area contributed by atoms with Crippen LogP contribution in [0.5, 0.6) is 0 Å². The molecular formula is C44H87N2O8P. The summed E-state index contributed by atoms with van der Waals surface area (Å²) in [5.74, 6) is -0.233. The highest BCUT2D eigenvalue weighted by molar-refractivity contribution is 7.48. The zero-order valence-electron chi connectivity index (χ0n) is 36.0. The van der Waals surface area contributed by atoms with Gasteiger partial charge in [0.2, 0.25) is 5.91 Å². The van der Waals surface area contributed by atoms with Gasteiger partial charge < -0.3 is 20.5 Å². The van der Waals surface area contributed by atoms with Crippen molar-refractivity contribution < 1.29 is 37.2 Å². The number of carbonyl (C=O) groups excluding carboxylic acids is 2. The maximum absolute atomic E-state index is 13.2. The largest absolute Gasteiger partial charge is 0.475 e. The van der Waals surface area contributed by atoms with Gasteiger partial charge >= 0.3 is 13.8 Å². The number of unbranched alkanes of at least 4 members (excludes halogenated alkanes) is 22. The van der Waals surface area contributed by atoms with Gasteiger partial charge in [-0.2, -0.15) is 0 Å². The summed E-state index contributed by atoms with van der Waals surface area (Å²) in [5.41, 5.74) is 5.56. The van der Waals surface area contributed by atoms with Crippen molar-refractivity contribution in [3.63, 3.8) is 0 Å². The standard InChI is InChI=1S/C44H87N2O8P/c1-5-9-12-15-17-19-20-22-23-26-29-32-43(47)46-41(40-53-55(49,51-36-8-4)52-38-35-45)39-50-37-34-42(31-28-25-14-11-7-3)54-44(48)33-30-27-24-21-18-16-13-10-6-2/h8,41-42H,4-7,9-40,45H2,1-3H3,(H,46,47)/t41-,42+,55?/m0/s1. The Labute approximate surface area is 338 Å². The van der Waals surface area contributed by atoms with E-state index in [4.69, 9.17) is 28.8 Å². The molecule has 0 bridgehead atoms. The zero-order valence-corrected chi connectivity index (χ0v) is 36.9. The molecular weight excluding hydrogens is 715 g/mol. The predicted octanol–water partition coefficient (Wildman–Crippen LogP) is 12.1. The minimum atomic E-state index is -3.93. The molecule has 0 aliphatic carbocycles. The number of nitrogens with one attached hydrogen (secondary N) is 1. The van der Waals surface area contributed by atoms with Gasteiger partial charge in [0.1, 0.15) is 6.10 Å². The van der Waals surface area contributed by atoms with E-state index in [1.54, 1.807) is 0 Å². The summed E-state index contributed by atoms with van der Waals surface area (Å²) >= 11 is 0. The van der Waals surface area contributed by atoms with Gasteiger partial charge in [0, 0.05) is 25.8 Å². The highest BCUT2D eigenvalue weighted by Crippen LogP contribution is 2.49. The summed E-state index contributed by atoms with van der Waals surface area (Å²) in [5, 5.41) is 3.01. The highest BCUT2D eigenvalue weighted by Gasteiger charge is 2.28. The molecule has 55 heavy (non-hydrogen) atoms. The molecule has 0 aromatic rings. The average molecular weight is 803 g/mol. The summed E-state index contributed by atoms with van der Waals surface area (Å²) in [7, 11) is -3.93. The van der Waals surface area contributed by atoms with Gasteiger partial charge in [-0.25, -0.2) is 4.57 Å². The van der Waals surface area contributed by atoms with Crippen molar-refractivity contribution in [3.05, 3.63) is 12.7 Å². The van der Waals surface area contributed by atoms with Crippen LogP contribution in [0.1, 0.15) is 207 Å². The fourth-order valence-electron chi connectivity index (χ4n) is 6.49. The summed E-state index contributed by atoms with van der Waals surface area (Å²) in [6.07, 6.45) is 33.3. The fraction of sp³-hybridized carbons (Fsp3) is 0.909. The third-order valence-corrected chi connectivity index (χ3v) is 11.3. The highest BCUT2D eigenvalue weighted by atomic mass is 31.2. The SMILES string of the molecule is C=CCOP(=O)(OCCN)OC[C@H](COCC[C@@H](CCCCCCC)OC(=O)CCCCCCCCCCC)NC(=O)CCCCCCCCCCCCC. The van der Waals surface area contributed by atoms with E-state index in [-0.39, 0.29) is 51.0 Å². The molecule has 0 aliphatic rings. The second-order valence-corrected chi connectivity index (χ2v) is 16.9. The number of esters is 1. The lowest BCUT2D eigenvalue weighted by atomic mass is 10.1. The first-order valence-electron chi connectivity index (χ1n) is 22.7. The van der Waals surface area contributed by atoms with Crippen LogP contribution >= 0.6 is 7.82 Å². The molecule has 0 heterocycles. The van der Waals surface area contributed by atoms with Crippen LogP contribution in [0.2, 0.25) is 0 Å². The zero-order chi connectivity index (χ0) is 40.5. The van der Waals surface area contributed by atoms with Crippen LogP contribution in [0.3, 0.4) is 0 Å². The molecule has 0 aliphatic heterocycles. The first-order chi connectivity index (χ1) is 26.8. The molecule has 0 radical (unpaired) electrons. The van der Waals surface area contributed by atoms with Crippen molar-refractivity contribution in [2.24, 2.45) is 5.73 Å². The fourth-order valence-corrected chi connectivity index (χ4v) is 7.69. The first-order valence-corrected chi connectivity index (χ1v) is 24.2. The Bertz CT molecular complexity index is 924. The number of phosphoric acid groups is 1. The van der Waals surface area contributed by atoms with Crippen molar-refractivity contribution in [1.82, 2.24) is 5.32 Å². The first kappa shape index (κ1) is 53.7. The lowest BCUT2D eigenvalue weighted by molar-refractivity contribution is -0.150. The number of carbonyl (C=O) groups is 2. The molecule has 3 atom stereocenters. The number of rotatable bonds is 44. The molecule has 326 valence electrons. The maximum Gasteiger partial charge on any atom is 0.475 e. The Balaban J connectivity index is 5.01. The molecule has 1 unspecified atom stereocenters. The molecule has 0 spiro atoms. The lowest BCUT2D eigenvalue weighted by Crippen LogP contribution is -2.41. The van der Waals surface area contributed by atoms with Crippen molar-refractivity contribution >= 4 is 19.7 Å². The number of hydrogen-bond donors (Lipinski definition) is 2. The van der Waals surface area contributed by atoms with Gasteiger partial charge in [-0.1, -0.05) is 168 Å². The number of nitrogens with two attached hydrogens (primary N) is 1. The van der Waals surface area contributed by atoms with Gasteiger partial charge in [-0.15, -0.1) is 6.58 Å². The van der Waals surface area contributed by atoms with Gasteiger partial charge in [-0.05, 0) is 25.7 Å². The Kier molecular flexibility index (Phi) is 39.9. The molecule has 0 saturated carbocycles. The van der Waals surface area contributed by atoms with E-state index in [0.717, 1.165) is 51.4 Å². The van der Waals surface area contributed by atoms with Crippen LogP contribution in [-0.4, -0.2) is 63.6 Å². The average Bonchev–Trinajstić information content (AvgIpc) is 3.18. The summed E-state index contributed by atoms with van der Waals surface area (Å²) in [4.78, 5) is 25.8. The topological polar surface area (TPSA) is 135 Å². The van der Waals surface area contributed by atoms with Crippen molar-refractivity contribution in [3.8, 4) is 0 Å². The van der Waals surface area contributed by atoms with Gasteiger partial charge in [0.15, 0.2) is 0 Å². The quantitative estimate of drug-likeness (QED) is 0.0267. The summed E-state index contributed by atoms with van der Waals surface area (Å²) in [6.45, 7) is 10.8. The van der Waals surface area contributed by atoms with Crippen molar-refractivity contribution in [2.75, 3.05) is 39.6 Å². The predicted molar refractivity (Wildman–Crippen MR) is 228 cm³/mol. The van der Waals surface area contributed by atoms with E-state index in [1.807, 2.05) is 0 Å². The normalized spacial score (nSPS) is 13.7. The number of hydrogen-bond acceptors (Lipinski definition) is 9. The van der Waals surface area contributed by atoms with E-state index >= 15 is 0 Å². The molecule has 0 saturated heterocycles. The van der Waals surface area contributed by atoms with Crippen molar-refractivity contribution in [1.29, 1.82) is 0 Å². The summed E-state index contributed by atoms with van der Waals surface area (Å²) < 4.78 is 41.6. The van der Waals surface area contributed by atoms with Crippen LogP contribution in [0.25, 0.3) is 0 Å². The lowest BCUT2D eigenvalue weighted by Gasteiger charge is -2.23. The van der Waals surface area contributed by atoms with E-state index in [1.165, 1.54) is 122 Å². The minimum absolute atomic E-state index is 0.00151. The molecule has 0 aromatic carbocycles. The Morgan fingerprint density at radius 1 is 0.618 bits per heavy atom. The molecule has 0 fully saturated rings. The van der Waals surface area contributed by atoms with E-state index in [9.17, 15) is 14.2 Å². The van der Waals surface area contributed by atoms with Crippen LogP contribution < -0.4 is 11.1 Å². The van der Waals surface area contributed by atoms with E-state index in [2.05, 4.69) is 32.7 Å². The van der Waals surface area contributed by atoms with Crippen LogP contribution in [-0.2, 0) is 37.2 Å². The van der Waals surface area contributed by atoms with Crippen LogP contribution in [0.4, 0.5) is 0 Å². The molecule has 11 heteroatoms.